The van der Waals surface area contributed by atoms with Crippen LogP contribution in [-0.2, 0) is 11.3 Å². The third-order valence-electron chi connectivity index (χ3n) is 3.08. The molecule has 1 aromatic rings. The number of benzene rings is 1. The molecule has 1 aliphatic rings. The van der Waals surface area contributed by atoms with Gasteiger partial charge in [0.05, 0.1) is 12.0 Å². The lowest BCUT2D eigenvalue weighted by atomic mass is 9.91. The Balaban J connectivity index is 2.05. The first kappa shape index (κ1) is 13.6. The Kier molecular flexibility index (Phi) is 4.10. The van der Waals surface area contributed by atoms with Crippen LogP contribution in [0.4, 0.5) is 0 Å². The average Bonchev–Trinajstić information content (AvgIpc) is 2.33. The highest BCUT2D eigenvalue weighted by Crippen LogP contribution is 2.30. The van der Waals surface area contributed by atoms with Gasteiger partial charge in [-0.2, -0.15) is 0 Å². The SMILES string of the molecule is CC1(OCc2cccc(Cl)c2)C=CC(=N)CC1Cl. The molecule has 0 fully saturated rings. The Morgan fingerprint density at radius 2 is 2.28 bits per heavy atom. The van der Waals surface area contributed by atoms with Gasteiger partial charge in [-0.1, -0.05) is 23.7 Å². The Morgan fingerprint density at radius 1 is 1.50 bits per heavy atom. The standard InChI is InChI=1S/C14H15Cl2NO/c1-14(6-5-12(17)8-13(14)16)18-9-10-3-2-4-11(15)7-10/h2-7,13,17H,8-9H2,1H3. The summed E-state index contributed by atoms with van der Waals surface area (Å²) in [6.45, 7) is 2.40. The minimum Gasteiger partial charge on any atom is -0.365 e. The van der Waals surface area contributed by atoms with E-state index in [2.05, 4.69) is 0 Å². The van der Waals surface area contributed by atoms with E-state index in [0.29, 0.717) is 23.8 Å². The molecular weight excluding hydrogens is 269 g/mol. The Morgan fingerprint density at radius 3 is 2.94 bits per heavy atom. The summed E-state index contributed by atoms with van der Waals surface area (Å²) in [4.78, 5) is 0. The molecule has 0 aliphatic heterocycles. The Bertz CT molecular complexity index is 486. The molecule has 0 heterocycles. The van der Waals surface area contributed by atoms with Crippen molar-refractivity contribution < 1.29 is 4.74 Å². The largest absolute Gasteiger partial charge is 0.365 e. The van der Waals surface area contributed by atoms with E-state index < -0.39 is 5.60 Å². The van der Waals surface area contributed by atoms with E-state index in [4.69, 9.17) is 33.3 Å². The molecule has 1 N–H and O–H groups in total. The fourth-order valence-electron chi connectivity index (χ4n) is 1.84. The van der Waals surface area contributed by atoms with E-state index in [1.54, 1.807) is 6.08 Å². The first-order chi connectivity index (χ1) is 8.49. The first-order valence-corrected chi connectivity index (χ1v) is 6.60. The summed E-state index contributed by atoms with van der Waals surface area (Å²) in [5.41, 5.74) is 1.02. The van der Waals surface area contributed by atoms with Crippen molar-refractivity contribution in [2.24, 2.45) is 0 Å². The van der Waals surface area contributed by atoms with Gasteiger partial charge >= 0.3 is 0 Å². The van der Waals surface area contributed by atoms with E-state index in [1.807, 2.05) is 37.3 Å². The van der Waals surface area contributed by atoms with Crippen molar-refractivity contribution in [3.05, 3.63) is 47.0 Å². The zero-order valence-corrected chi connectivity index (χ0v) is 11.6. The number of hydrogen-bond acceptors (Lipinski definition) is 2. The zero-order valence-electron chi connectivity index (χ0n) is 10.1. The number of ether oxygens (including phenoxy) is 1. The lowest BCUT2D eigenvalue weighted by Gasteiger charge is -2.34. The maximum absolute atomic E-state index is 7.58. The molecule has 0 radical (unpaired) electrons. The smallest absolute Gasteiger partial charge is 0.101 e. The third kappa shape index (κ3) is 3.14. The molecule has 2 atom stereocenters. The molecule has 0 saturated heterocycles. The highest BCUT2D eigenvalue weighted by molar-refractivity contribution is 6.30. The second-order valence-electron chi connectivity index (χ2n) is 4.63. The molecule has 0 aromatic heterocycles. The van der Waals surface area contributed by atoms with Crippen molar-refractivity contribution in [1.82, 2.24) is 0 Å². The summed E-state index contributed by atoms with van der Waals surface area (Å²) in [6.07, 6.45) is 4.15. The topological polar surface area (TPSA) is 33.1 Å². The monoisotopic (exact) mass is 283 g/mol. The van der Waals surface area contributed by atoms with E-state index in [0.717, 1.165) is 5.56 Å². The second kappa shape index (κ2) is 5.43. The van der Waals surface area contributed by atoms with Crippen molar-refractivity contribution in [2.75, 3.05) is 0 Å². The maximum atomic E-state index is 7.58. The predicted octanol–water partition coefficient (Wildman–Crippen LogP) is 4.20. The number of hydrogen-bond donors (Lipinski definition) is 1. The highest BCUT2D eigenvalue weighted by Gasteiger charge is 2.34. The van der Waals surface area contributed by atoms with Crippen LogP contribution in [0.15, 0.2) is 36.4 Å². The molecule has 1 aromatic carbocycles. The number of halogens is 2. The van der Waals surface area contributed by atoms with Crippen molar-refractivity contribution in [1.29, 1.82) is 5.41 Å². The molecule has 2 nitrogen and oxygen atoms in total. The van der Waals surface area contributed by atoms with Gasteiger partial charge in [0, 0.05) is 17.2 Å². The van der Waals surface area contributed by atoms with E-state index in [9.17, 15) is 0 Å². The minimum absolute atomic E-state index is 0.214. The lowest BCUT2D eigenvalue weighted by molar-refractivity contribution is -0.00947. The van der Waals surface area contributed by atoms with E-state index in [1.165, 1.54) is 0 Å². The van der Waals surface area contributed by atoms with Crippen LogP contribution in [0.1, 0.15) is 18.9 Å². The van der Waals surface area contributed by atoms with Gasteiger partial charge in [-0.25, -0.2) is 0 Å². The van der Waals surface area contributed by atoms with Crippen LogP contribution in [0.5, 0.6) is 0 Å². The van der Waals surface area contributed by atoms with E-state index >= 15 is 0 Å². The molecule has 0 amide bonds. The van der Waals surface area contributed by atoms with Gasteiger partial charge in [0.25, 0.3) is 0 Å². The van der Waals surface area contributed by atoms with Gasteiger partial charge in [0.15, 0.2) is 0 Å². The second-order valence-corrected chi connectivity index (χ2v) is 5.60. The van der Waals surface area contributed by atoms with Crippen LogP contribution < -0.4 is 0 Å². The predicted molar refractivity (Wildman–Crippen MR) is 75.8 cm³/mol. The Hall–Kier alpha value is -0.830. The molecule has 2 rings (SSSR count). The molecule has 0 saturated carbocycles. The van der Waals surface area contributed by atoms with Crippen molar-refractivity contribution in [2.45, 2.75) is 30.9 Å². The van der Waals surface area contributed by atoms with Crippen LogP contribution in [-0.4, -0.2) is 16.7 Å². The maximum Gasteiger partial charge on any atom is 0.101 e. The van der Waals surface area contributed by atoms with Crippen LogP contribution in [0.3, 0.4) is 0 Å². The molecular formula is C14H15Cl2NO. The van der Waals surface area contributed by atoms with Crippen molar-refractivity contribution in [3.63, 3.8) is 0 Å². The molecule has 1 aliphatic carbocycles. The molecule has 96 valence electrons. The summed E-state index contributed by atoms with van der Waals surface area (Å²) in [5.74, 6) is 0. The molecule has 18 heavy (non-hydrogen) atoms. The minimum atomic E-state index is -0.533. The number of rotatable bonds is 3. The van der Waals surface area contributed by atoms with Crippen molar-refractivity contribution >= 4 is 28.9 Å². The fraction of sp³-hybridized carbons (Fsp3) is 0.357. The number of alkyl halides is 1. The summed E-state index contributed by atoms with van der Waals surface area (Å²) in [6, 6.07) is 7.57. The van der Waals surface area contributed by atoms with Crippen LogP contribution in [0.25, 0.3) is 0 Å². The van der Waals surface area contributed by atoms with Gasteiger partial charge in [-0.15, -0.1) is 11.6 Å². The van der Waals surface area contributed by atoms with Crippen molar-refractivity contribution in [3.8, 4) is 0 Å². The molecule has 0 bridgehead atoms. The summed E-state index contributed by atoms with van der Waals surface area (Å²) in [7, 11) is 0. The van der Waals surface area contributed by atoms with Gasteiger partial charge in [0.1, 0.15) is 5.60 Å². The summed E-state index contributed by atoms with van der Waals surface area (Å²) < 4.78 is 5.90. The first-order valence-electron chi connectivity index (χ1n) is 5.79. The quantitative estimate of drug-likeness (QED) is 0.829. The normalized spacial score (nSPS) is 27.5. The summed E-state index contributed by atoms with van der Waals surface area (Å²) in [5, 5.41) is 8.06. The third-order valence-corrected chi connectivity index (χ3v) is 3.90. The lowest BCUT2D eigenvalue weighted by Crippen LogP contribution is -2.40. The molecule has 0 spiro atoms. The molecule has 4 heteroatoms. The van der Waals surface area contributed by atoms with Gasteiger partial charge in [-0.05, 0) is 36.8 Å². The van der Waals surface area contributed by atoms with Crippen LogP contribution >= 0.6 is 23.2 Å². The van der Waals surface area contributed by atoms with Gasteiger partial charge < -0.3 is 10.1 Å². The number of nitrogens with one attached hydrogen (secondary N) is 1. The highest BCUT2D eigenvalue weighted by atomic mass is 35.5. The molecule has 2 unspecified atom stereocenters. The van der Waals surface area contributed by atoms with Crippen LogP contribution in [0, 0.1) is 5.41 Å². The Labute approximate surface area is 117 Å². The van der Waals surface area contributed by atoms with Gasteiger partial charge in [0.2, 0.25) is 0 Å². The fourth-order valence-corrected chi connectivity index (χ4v) is 2.35. The van der Waals surface area contributed by atoms with Crippen LogP contribution in [0.2, 0.25) is 5.02 Å². The van der Waals surface area contributed by atoms with Gasteiger partial charge in [-0.3, -0.25) is 0 Å². The van der Waals surface area contributed by atoms with E-state index in [-0.39, 0.29) is 5.38 Å². The zero-order chi connectivity index (χ0) is 13.2. The summed E-state index contributed by atoms with van der Waals surface area (Å²) >= 11 is 12.2. The average molecular weight is 284 g/mol. The number of allylic oxidation sites excluding steroid dienone is 1.